The quantitative estimate of drug-likeness (QED) is 0.384. The van der Waals surface area contributed by atoms with Crippen LogP contribution in [0.4, 0.5) is 17.2 Å². The van der Waals surface area contributed by atoms with Crippen molar-refractivity contribution in [3.8, 4) is 0 Å². The van der Waals surface area contributed by atoms with E-state index in [2.05, 4.69) is 25.0 Å². The van der Waals surface area contributed by atoms with E-state index < -0.39 is 16.0 Å². The number of aromatic nitrogens is 3. The third-order valence-corrected chi connectivity index (χ3v) is 5.55. The summed E-state index contributed by atoms with van der Waals surface area (Å²) in [4.78, 5) is 22.5. The molecule has 4 aromatic rings. The van der Waals surface area contributed by atoms with E-state index in [1.807, 2.05) is 0 Å². The number of anilines is 3. The SMILES string of the molecule is O=C(O)c1c[nH]c2ncnc(Nc3ccc(NS(=O)(=O)c4ccccc4)cc3)c12. The predicted molar refractivity (Wildman–Crippen MR) is 108 cm³/mol. The molecule has 0 aliphatic carbocycles. The summed E-state index contributed by atoms with van der Waals surface area (Å²) in [6.07, 6.45) is 2.67. The van der Waals surface area contributed by atoms with Crippen molar-refractivity contribution >= 4 is 44.2 Å². The standard InChI is InChI=1S/C19H15N5O4S/c25-19(26)15-10-20-17-16(15)18(22-11-21-17)23-12-6-8-13(9-7-12)24-29(27,28)14-4-2-1-3-5-14/h1-11,24H,(H,25,26)(H2,20,21,22,23). The average Bonchev–Trinajstić information content (AvgIpc) is 3.16. The van der Waals surface area contributed by atoms with Gasteiger partial charge in [-0.15, -0.1) is 0 Å². The van der Waals surface area contributed by atoms with Crippen LogP contribution >= 0.6 is 0 Å². The minimum Gasteiger partial charge on any atom is -0.478 e. The number of H-pyrrole nitrogens is 1. The molecule has 0 fully saturated rings. The number of sulfonamides is 1. The first kappa shape index (κ1) is 18.4. The first-order valence-corrected chi connectivity index (χ1v) is 9.93. The van der Waals surface area contributed by atoms with Crippen molar-refractivity contribution in [3.63, 3.8) is 0 Å². The zero-order valence-corrected chi connectivity index (χ0v) is 15.6. The summed E-state index contributed by atoms with van der Waals surface area (Å²) in [6, 6.07) is 14.6. The highest BCUT2D eigenvalue weighted by Gasteiger charge is 2.17. The Labute approximate surface area is 165 Å². The van der Waals surface area contributed by atoms with Crippen LogP contribution < -0.4 is 10.0 Å². The number of hydrogen-bond acceptors (Lipinski definition) is 6. The second kappa shape index (κ2) is 7.24. The summed E-state index contributed by atoms with van der Waals surface area (Å²) in [5.41, 5.74) is 1.44. The van der Waals surface area contributed by atoms with Crippen molar-refractivity contribution in [2.45, 2.75) is 4.90 Å². The van der Waals surface area contributed by atoms with E-state index in [0.29, 0.717) is 28.2 Å². The van der Waals surface area contributed by atoms with Crippen molar-refractivity contribution < 1.29 is 18.3 Å². The highest BCUT2D eigenvalue weighted by atomic mass is 32.2. The second-order valence-corrected chi connectivity index (χ2v) is 7.76. The topological polar surface area (TPSA) is 137 Å². The molecule has 2 aromatic heterocycles. The molecule has 0 spiro atoms. The van der Waals surface area contributed by atoms with Gasteiger partial charge in [0.05, 0.1) is 15.8 Å². The summed E-state index contributed by atoms with van der Waals surface area (Å²) >= 11 is 0. The molecular weight excluding hydrogens is 394 g/mol. The van der Waals surface area contributed by atoms with Gasteiger partial charge >= 0.3 is 5.97 Å². The molecule has 146 valence electrons. The van der Waals surface area contributed by atoms with Gasteiger partial charge in [-0.2, -0.15) is 0 Å². The summed E-state index contributed by atoms with van der Waals surface area (Å²) in [5, 5.41) is 12.7. The van der Waals surface area contributed by atoms with E-state index in [1.165, 1.54) is 24.7 Å². The van der Waals surface area contributed by atoms with Gasteiger partial charge in [-0.05, 0) is 36.4 Å². The number of hydrogen-bond donors (Lipinski definition) is 4. The molecule has 29 heavy (non-hydrogen) atoms. The van der Waals surface area contributed by atoms with E-state index >= 15 is 0 Å². The minimum absolute atomic E-state index is 0.0512. The third kappa shape index (κ3) is 3.73. The lowest BCUT2D eigenvalue weighted by atomic mass is 10.2. The Hall–Kier alpha value is -3.92. The van der Waals surface area contributed by atoms with E-state index in [1.54, 1.807) is 42.5 Å². The highest BCUT2D eigenvalue weighted by molar-refractivity contribution is 7.92. The number of rotatable bonds is 6. The van der Waals surface area contributed by atoms with Gasteiger partial charge in [0.15, 0.2) is 0 Å². The number of benzene rings is 2. The summed E-state index contributed by atoms with van der Waals surface area (Å²) in [7, 11) is -3.68. The van der Waals surface area contributed by atoms with Crippen LogP contribution in [0.3, 0.4) is 0 Å². The van der Waals surface area contributed by atoms with Gasteiger partial charge in [-0.1, -0.05) is 18.2 Å². The fraction of sp³-hybridized carbons (Fsp3) is 0. The van der Waals surface area contributed by atoms with E-state index in [-0.39, 0.29) is 10.5 Å². The Morgan fingerprint density at radius 2 is 1.66 bits per heavy atom. The van der Waals surface area contributed by atoms with Crippen molar-refractivity contribution in [2.24, 2.45) is 0 Å². The van der Waals surface area contributed by atoms with Crippen LogP contribution in [0.5, 0.6) is 0 Å². The van der Waals surface area contributed by atoms with E-state index in [4.69, 9.17) is 0 Å². The molecule has 0 saturated carbocycles. The highest BCUT2D eigenvalue weighted by Crippen LogP contribution is 2.27. The second-order valence-electron chi connectivity index (χ2n) is 6.07. The smallest absolute Gasteiger partial charge is 0.338 e. The van der Waals surface area contributed by atoms with Gasteiger partial charge in [-0.3, -0.25) is 4.72 Å². The fourth-order valence-corrected chi connectivity index (χ4v) is 3.88. The number of carboxylic acids is 1. The maximum Gasteiger partial charge on any atom is 0.338 e. The lowest BCUT2D eigenvalue weighted by molar-refractivity contribution is 0.0699. The van der Waals surface area contributed by atoms with Crippen LogP contribution in [0.1, 0.15) is 10.4 Å². The van der Waals surface area contributed by atoms with Crippen molar-refractivity contribution in [1.82, 2.24) is 15.0 Å². The molecule has 0 atom stereocenters. The zero-order valence-electron chi connectivity index (χ0n) is 14.8. The fourth-order valence-electron chi connectivity index (χ4n) is 2.80. The number of carboxylic acid groups (broad SMARTS) is 1. The molecule has 4 N–H and O–H groups in total. The van der Waals surface area contributed by atoms with Gasteiger partial charge in [0.1, 0.15) is 17.8 Å². The van der Waals surface area contributed by atoms with Gasteiger partial charge in [0, 0.05) is 17.6 Å². The molecule has 0 bridgehead atoms. The van der Waals surface area contributed by atoms with Gasteiger partial charge < -0.3 is 15.4 Å². The number of aromatic amines is 1. The van der Waals surface area contributed by atoms with Crippen LogP contribution in [0.25, 0.3) is 11.0 Å². The van der Waals surface area contributed by atoms with Crippen molar-refractivity contribution in [1.29, 1.82) is 0 Å². The summed E-state index contributed by atoms with van der Waals surface area (Å²) in [5.74, 6) is -0.772. The predicted octanol–water partition coefficient (Wildman–Crippen LogP) is 3.20. The van der Waals surface area contributed by atoms with Gasteiger partial charge in [0.25, 0.3) is 10.0 Å². The van der Waals surface area contributed by atoms with Gasteiger partial charge in [0.2, 0.25) is 0 Å². The lowest BCUT2D eigenvalue weighted by Gasteiger charge is -2.10. The molecule has 9 nitrogen and oxygen atoms in total. The molecule has 0 aliphatic heterocycles. The number of fused-ring (bicyclic) bond motifs is 1. The summed E-state index contributed by atoms with van der Waals surface area (Å²) < 4.78 is 27.3. The van der Waals surface area contributed by atoms with E-state index in [0.717, 1.165) is 0 Å². The minimum atomic E-state index is -3.68. The first-order valence-electron chi connectivity index (χ1n) is 8.44. The Bertz CT molecular complexity index is 1290. The van der Waals surface area contributed by atoms with E-state index in [9.17, 15) is 18.3 Å². The normalized spacial score (nSPS) is 11.3. The Morgan fingerprint density at radius 1 is 0.966 bits per heavy atom. The number of nitrogens with one attached hydrogen (secondary N) is 3. The first-order chi connectivity index (χ1) is 13.9. The molecule has 0 radical (unpaired) electrons. The average molecular weight is 409 g/mol. The maximum absolute atomic E-state index is 12.4. The number of aromatic carboxylic acids is 1. The molecule has 2 aromatic carbocycles. The molecule has 0 amide bonds. The van der Waals surface area contributed by atoms with Crippen molar-refractivity contribution in [3.05, 3.63) is 72.7 Å². The Balaban J connectivity index is 1.57. The Morgan fingerprint density at radius 3 is 2.34 bits per heavy atom. The molecule has 10 heteroatoms. The molecular formula is C19H15N5O4S. The number of carbonyl (C=O) groups is 1. The summed E-state index contributed by atoms with van der Waals surface area (Å²) in [6.45, 7) is 0. The molecule has 0 unspecified atom stereocenters. The molecule has 4 rings (SSSR count). The van der Waals surface area contributed by atoms with Crippen LogP contribution in [0.15, 0.2) is 72.0 Å². The van der Waals surface area contributed by atoms with Crippen LogP contribution in [0, 0.1) is 0 Å². The van der Waals surface area contributed by atoms with Crippen LogP contribution in [-0.2, 0) is 10.0 Å². The molecule has 2 heterocycles. The van der Waals surface area contributed by atoms with Crippen molar-refractivity contribution in [2.75, 3.05) is 10.0 Å². The Kier molecular flexibility index (Phi) is 4.61. The maximum atomic E-state index is 12.4. The largest absolute Gasteiger partial charge is 0.478 e. The zero-order chi connectivity index (χ0) is 20.4. The van der Waals surface area contributed by atoms with Gasteiger partial charge in [-0.25, -0.2) is 23.2 Å². The van der Waals surface area contributed by atoms with Crippen LogP contribution in [0.2, 0.25) is 0 Å². The number of nitrogens with zero attached hydrogens (tertiary/aromatic N) is 2. The third-order valence-electron chi connectivity index (χ3n) is 4.15. The monoisotopic (exact) mass is 409 g/mol. The molecule has 0 saturated heterocycles. The molecule has 0 aliphatic rings. The van der Waals surface area contributed by atoms with Crippen LogP contribution in [-0.4, -0.2) is 34.4 Å². The lowest BCUT2D eigenvalue weighted by Crippen LogP contribution is -2.12.